The lowest BCUT2D eigenvalue weighted by molar-refractivity contribution is -0.117. The van der Waals surface area contributed by atoms with E-state index in [4.69, 9.17) is 0 Å². The first-order valence-corrected chi connectivity index (χ1v) is 11.7. The van der Waals surface area contributed by atoms with Gasteiger partial charge in [0.25, 0.3) is 5.91 Å². The highest BCUT2D eigenvalue weighted by atomic mass is 79.9. The Kier molecular flexibility index (Phi) is 6.40. The molecule has 1 aromatic heterocycles. The quantitative estimate of drug-likeness (QED) is 0.336. The van der Waals surface area contributed by atoms with Crippen LogP contribution in [-0.4, -0.2) is 27.6 Å². The van der Waals surface area contributed by atoms with Crippen LogP contribution in [0.1, 0.15) is 39.5 Å². The molecule has 2 heterocycles. The number of nitrogens with zero attached hydrogens (tertiary/aromatic N) is 2. The molecule has 1 aliphatic heterocycles. The number of aliphatic hydroxyl groups excluding tert-OH is 1. The predicted octanol–water partition coefficient (Wildman–Crippen LogP) is 5.60. The van der Waals surface area contributed by atoms with Gasteiger partial charge in [0, 0.05) is 11.4 Å². The number of amides is 1. The van der Waals surface area contributed by atoms with E-state index in [1.807, 2.05) is 30.3 Å². The molecule has 1 atom stereocenters. The van der Waals surface area contributed by atoms with Crippen LogP contribution >= 0.6 is 27.3 Å². The van der Waals surface area contributed by atoms with Crippen LogP contribution in [0.25, 0.3) is 6.08 Å². The standard InChI is InChI=1S/C25H19BrN2O4S/c1-14-23(15(2)29)33-25(27-14)28-21(17-9-11-18(26)12-10-17)20(22(31)24(28)32)19(30)13-8-16-6-4-3-5-7-16/h3-13,21,31H,1-2H3/b13-8+. The van der Waals surface area contributed by atoms with Gasteiger partial charge in [-0.15, -0.1) is 0 Å². The summed E-state index contributed by atoms with van der Waals surface area (Å²) < 4.78 is 0.830. The van der Waals surface area contributed by atoms with E-state index in [9.17, 15) is 19.5 Å². The Morgan fingerprint density at radius 1 is 1.12 bits per heavy atom. The van der Waals surface area contributed by atoms with E-state index < -0.39 is 23.5 Å². The number of aryl methyl sites for hydroxylation is 1. The number of hydrogen-bond acceptors (Lipinski definition) is 6. The molecule has 0 saturated carbocycles. The zero-order valence-corrected chi connectivity index (χ0v) is 20.2. The first kappa shape index (κ1) is 22.8. The lowest BCUT2D eigenvalue weighted by atomic mass is 9.96. The lowest BCUT2D eigenvalue weighted by Crippen LogP contribution is -2.30. The van der Waals surface area contributed by atoms with Crippen molar-refractivity contribution in [3.8, 4) is 0 Å². The molecule has 0 fully saturated rings. The summed E-state index contributed by atoms with van der Waals surface area (Å²) in [5.41, 5.74) is 1.90. The summed E-state index contributed by atoms with van der Waals surface area (Å²) in [5, 5.41) is 11.0. The third-order valence-corrected chi connectivity index (χ3v) is 6.98. The third kappa shape index (κ3) is 4.44. The summed E-state index contributed by atoms with van der Waals surface area (Å²) >= 11 is 4.46. The van der Waals surface area contributed by atoms with E-state index in [0.717, 1.165) is 21.4 Å². The number of ketones is 2. The summed E-state index contributed by atoms with van der Waals surface area (Å²) in [6.07, 6.45) is 2.98. The van der Waals surface area contributed by atoms with E-state index in [0.29, 0.717) is 16.1 Å². The summed E-state index contributed by atoms with van der Waals surface area (Å²) in [4.78, 5) is 44.4. The van der Waals surface area contributed by atoms with Crippen LogP contribution in [-0.2, 0) is 9.59 Å². The van der Waals surface area contributed by atoms with Crippen molar-refractivity contribution < 1.29 is 19.5 Å². The van der Waals surface area contributed by atoms with Crippen molar-refractivity contribution in [1.29, 1.82) is 0 Å². The number of halogens is 1. The Morgan fingerprint density at radius 2 is 1.79 bits per heavy atom. The molecular formula is C25H19BrN2O4S. The minimum atomic E-state index is -0.885. The van der Waals surface area contributed by atoms with Crippen LogP contribution in [0.5, 0.6) is 0 Å². The maximum Gasteiger partial charge on any atom is 0.296 e. The van der Waals surface area contributed by atoms with Crippen LogP contribution in [0.4, 0.5) is 5.13 Å². The fourth-order valence-electron chi connectivity index (χ4n) is 3.65. The van der Waals surface area contributed by atoms with Gasteiger partial charge in [-0.25, -0.2) is 4.98 Å². The Bertz CT molecular complexity index is 1310. The third-order valence-electron chi connectivity index (χ3n) is 5.20. The van der Waals surface area contributed by atoms with Gasteiger partial charge in [0.1, 0.15) is 0 Å². The number of anilines is 1. The van der Waals surface area contributed by atoms with E-state index >= 15 is 0 Å². The van der Waals surface area contributed by atoms with Gasteiger partial charge in [-0.3, -0.25) is 19.3 Å². The maximum absolute atomic E-state index is 13.2. The van der Waals surface area contributed by atoms with Crippen LogP contribution in [0.2, 0.25) is 0 Å². The van der Waals surface area contributed by atoms with Gasteiger partial charge in [0.05, 0.1) is 22.2 Å². The average Bonchev–Trinajstić information content (AvgIpc) is 3.31. The SMILES string of the molecule is CC(=O)c1sc(N2C(=O)C(O)=C(C(=O)/C=C/c3ccccc3)C2c2ccc(Br)cc2)nc1C. The number of carbonyl (C=O) groups is 3. The van der Waals surface area contributed by atoms with Gasteiger partial charge < -0.3 is 5.11 Å². The maximum atomic E-state index is 13.2. The van der Waals surface area contributed by atoms with Crippen molar-refractivity contribution in [3.63, 3.8) is 0 Å². The molecule has 1 N–H and O–H groups in total. The fraction of sp³-hybridized carbons (Fsp3) is 0.120. The molecule has 0 spiro atoms. The minimum absolute atomic E-state index is 0.0354. The predicted molar refractivity (Wildman–Crippen MR) is 131 cm³/mol. The molecule has 1 unspecified atom stereocenters. The number of thiazole rings is 1. The largest absolute Gasteiger partial charge is 0.503 e. The van der Waals surface area contributed by atoms with E-state index in [1.54, 1.807) is 37.3 Å². The minimum Gasteiger partial charge on any atom is -0.503 e. The van der Waals surface area contributed by atoms with Gasteiger partial charge in [0.15, 0.2) is 22.5 Å². The highest BCUT2D eigenvalue weighted by molar-refractivity contribution is 9.10. The number of allylic oxidation sites excluding steroid dienone is 1. The number of benzene rings is 2. The van der Waals surface area contributed by atoms with Gasteiger partial charge in [-0.2, -0.15) is 0 Å². The van der Waals surface area contributed by atoms with Crippen molar-refractivity contribution in [2.24, 2.45) is 0 Å². The summed E-state index contributed by atoms with van der Waals surface area (Å²) in [5.74, 6) is -2.01. The number of carbonyl (C=O) groups excluding carboxylic acids is 3. The molecule has 1 amide bonds. The Morgan fingerprint density at radius 3 is 2.39 bits per heavy atom. The van der Waals surface area contributed by atoms with Gasteiger partial charge in [0.2, 0.25) is 0 Å². The molecule has 1 aliphatic rings. The molecular weight excluding hydrogens is 504 g/mol. The molecule has 2 aromatic carbocycles. The van der Waals surface area contributed by atoms with Gasteiger partial charge >= 0.3 is 0 Å². The van der Waals surface area contributed by atoms with Crippen molar-refractivity contribution in [1.82, 2.24) is 4.98 Å². The molecule has 6 nitrogen and oxygen atoms in total. The number of rotatable bonds is 6. The molecule has 0 bridgehead atoms. The molecule has 0 aliphatic carbocycles. The number of hydrogen-bond donors (Lipinski definition) is 1. The number of Topliss-reactive ketones (excluding diaryl/α,β-unsaturated/α-hetero) is 1. The second-order valence-corrected chi connectivity index (χ2v) is 9.36. The molecule has 0 radical (unpaired) electrons. The zero-order valence-electron chi connectivity index (χ0n) is 17.8. The van der Waals surface area contributed by atoms with Crippen LogP contribution in [0, 0.1) is 6.92 Å². The molecule has 33 heavy (non-hydrogen) atoms. The van der Waals surface area contributed by atoms with E-state index in [1.165, 1.54) is 17.9 Å². The summed E-state index contributed by atoms with van der Waals surface area (Å²) in [7, 11) is 0. The van der Waals surface area contributed by atoms with Crippen molar-refractivity contribution in [2.45, 2.75) is 19.9 Å². The smallest absolute Gasteiger partial charge is 0.296 e. The Labute approximate surface area is 203 Å². The van der Waals surface area contributed by atoms with Gasteiger partial charge in [-0.05, 0) is 36.3 Å². The highest BCUT2D eigenvalue weighted by Gasteiger charge is 2.45. The topological polar surface area (TPSA) is 87.6 Å². The summed E-state index contributed by atoms with van der Waals surface area (Å²) in [6.45, 7) is 3.12. The van der Waals surface area contributed by atoms with Crippen molar-refractivity contribution in [3.05, 3.63) is 98.2 Å². The molecule has 3 aromatic rings. The van der Waals surface area contributed by atoms with Crippen molar-refractivity contribution >= 4 is 55.9 Å². The van der Waals surface area contributed by atoms with E-state index in [-0.39, 0.29) is 16.5 Å². The van der Waals surface area contributed by atoms with Crippen LogP contribution < -0.4 is 4.90 Å². The number of aromatic nitrogens is 1. The Balaban J connectivity index is 1.80. The first-order chi connectivity index (χ1) is 15.8. The highest BCUT2D eigenvalue weighted by Crippen LogP contribution is 2.43. The second-order valence-electron chi connectivity index (χ2n) is 7.47. The normalized spacial score (nSPS) is 16.2. The lowest BCUT2D eigenvalue weighted by Gasteiger charge is -2.24. The fourth-order valence-corrected chi connectivity index (χ4v) is 4.91. The monoisotopic (exact) mass is 522 g/mol. The molecule has 4 rings (SSSR count). The zero-order chi connectivity index (χ0) is 23.7. The average molecular weight is 523 g/mol. The molecule has 8 heteroatoms. The Hall–Kier alpha value is -3.36. The van der Waals surface area contributed by atoms with E-state index in [2.05, 4.69) is 20.9 Å². The second kappa shape index (κ2) is 9.25. The van der Waals surface area contributed by atoms with Crippen molar-refractivity contribution in [2.75, 3.05) is 4.90 Å². The molecule has 0 saturated heterocycles. The summed E-state index contributed by atoms with van der Waals surface area (Å²) in [6, 6.07) is 15.5. The first-order valence-electron chi connectivity index (χ1n) is 10.1. The van der Waals surface area contributed by atoms with Crippen LogP contribution in [0.15, 0.2) is 76.5 Å². The van der Waals surface area contributed by atoms with Crippen LogP contribution in [0.3, 0.4) is 0 Å². The number of aliphatic hydroxyl groups is 1. The molecule has 166 valence electrons. The van der Waals surface area contributed by atoms with Gasteiger partial charge in [-0.1, -0.05) is 75.8 Å².